The Morgan fingerprint density at radius 2 is 2.06 bits per heavy atom. The van der Waals surface area contributed by atoms with Crippen LogP contribution in [-0.2, 0) is 12.8 Å². The van der Waals surface area contributed by atoms with Crippen molar-refractivity contribution in [3.8, 4) is 0 Å². The molecule has 2 aliphatic rings. The standard InChI is InChI=1S/C15H16N2O/c1-2-4-13-10(3-1)5-8-12(13)9-14-16-15(17-18-14)11-6-7-11/h1-4,11-12H,5-9H2/t12-/m0/s1. The lowest BCUT2D eigenvalue weighted by Gasteiger charge is -2.07. The first kappa shape index (κ1) is 10.3. The molecule has 2 aliphatic carbocycles. The highest BCUT2D eigenvalue weighted by Gasteiger charge is 2.30. The van der Waals surface area contributed by atoms with Crippen molar-refractivity contribution in [3.05, 3.63) is 47.1 Å². The van der Waals surface area contributed by atoms with Gasteiger partial charge in [0.05, 0.1) is 0 Å². The quantitative estimate of drug-likeness (QED) is 0.826. The molecule has 1 saturated carbocycles. The van der Waals surface area contributed by atoms with Gasteiger partial charge in [-0.25, -0.2) is 0 Å². The molecule has 92 valence electrons. The van der Waals surface area contributed by atoms with E-state index < -0.39 is 0 Å². The van der Waals surface area contributed by atoms with E-state index in [0.717, 1.165) is 18.1 Å². The molecule has 0 unspecified atom stereocenters. The molecule has 2 aromatic rings. The third-order valence-electron chi connectivity index (χ3n) is 4.10. The van der Waals surface area contributed by atoms with Gasteiger partial charge < -0.3 is 4.52 Å². The topological polar surface area (TPSA) is 38.9 Å². The highest BCUT2D eigenvalue weighted by atomic mass is 16.5. The monoisotopic (exact) mass is 240 g/mol. The first-order chi connectivity index (χ1) is 8.90. The summed E-state index contributed by atoms with van der Waals surface area (Å²) in [5.74, 6) is 2.89. The van der Waals surface area contributed by atoms with Crippen LogP contribution in [0.2, 0.25) is 0 Å². The van der Waals surface area contributed by atoms with Crippen LogP contribution in [-0.4, -0.2) is 10.1 Å². The highest BCUT2D eigenvalue weighted by Crippen LogP contribution is 2.39. The van der Waals surface area contributed by atoms with Crippen LogP contribution >= 0.6 is 0 Å². The molecule has 0 amide bonds. The van der Waals surface area contributed by atoms with Crippen molar-refractivity contribution in [1.29, 1.82) is 0 Å². The van der Waals surface area contributed by atoms with E-state index in [4.69, 9.17) is 4.52 Å². The summed E-state index contributed by atoms with van der Waals surface area (Å²) >= 11 is 0. The Morgan fingerprint density at radius 3 is 2.94 bits per heavy atom. The molecule has 4 rings (SSSR count). The average molecular weight is 240 g/mol. The first-order valence-electron chi connectivity index (χ1n) is 6.80. The second-order valence-electron chi connectivity index (χ2n) is 5.46. The summed E-state index contributed by atoms with van der Waals surface area (Å²) in [5, 5.41) is 4.09. The van der Waals surface area contributed by atoms with E-state index in [2.05, 4.69) is 34.4 Å². The number of hydrogen-bond acceptors (Lipinski definition) is 3. The van der Waals surface area contributed by atoms with Crippen molar-refractivity contribution in [2.75, 3.05) is 0 Å². The summed E-state index contributed by atoms with van der Waals surface area (Å²) in [6.45, 7) is 0. The van der Waals surface area contributed by atoms with E-state index in [1.807, 2.05) is 0 Å². The zero-order chi connectivity index (χ0) is 11.9. The highest BCUT2D eigenvalue weighted by molar-refractivity contribution is 5.35. The van der Waals surface area contributed by atoms with E-state index in [0.29, 0.717) is 11.8 Å². The molecule has 0 radical (unpaired) electrons. The molecular formula is C15H16N2O. The molecule has 0 aliphatic heterocycles. The average Bonchev–Trinajstić information content (AvgIpc) is 3.02. The van der Waals surface area contributed by atoms with Crippen LogP contribution in [0.5, 0.6) is 0 Å². The summed E-state index contributed by atoms with van der Waals surface area (Å²) < 4.78 is 5.38. The SMILES string of the molecule is c1ccc2c(c1)CC[C@H]2Cc1nc(C2CC2)no1. The normalized spacial score (nSPS) is 22.1. The van der Waals surface area contributed by atoms with Gasteiger partial charge in [0.2, 0.25) is 5.89 Å². The molecular weight excluding hydrogens is 224 g/mol. The molecule has 0 bridgehead atoms. The minimum atomic E-state index is 0.564. The molecule has 0 N–H and O–H groups in total. The van der Waals surface area contributed by atoms with E-state index in [1.54, 1.807) is 0 Å². The maximum Gasteiger partial charge on any atom is 0.227 e. The zero-order valence-electron chi connectivity index (χ0n) is 10.3. The molecule has 1 aromatic heterocycles. The fourth-order valence-corrected chi connectivity index (χ4v) is 2.93. The van der Waals surface area contributed by atoms with Gasteiger partial charge in [0, 0.05) is 12.3 Å². The third-order valence-corrected chi connectivity index (χ3v) is 4.10. The van der Waals surface area contributed by atoms with Crippen LogP contribution in [0.1, 0.15) is 53.9 Å². The van der Waals surface area contributed by atoms with E-state index in [-0.39, 0.29) is 0 Å². The maximum atomic E-state index is 5.38. The minimum Gasteiger partial charge on any atom is -0.339 e. The Kier molecular flexibility index (Phi) is 2.25. The molecule has 0 saturated heterocycles. The van der Waals surface area contributed by atoms with Crippen LogP contribution in [0.25, 0.3) is 0 Å². The molecule has 1 atom stereocenters. The lowest BCUT2D eigenvalue weighted by molar-refractivity contribution is 0.364. The number of aryl methyl sites for hydroxylation is 1. The molecule has 0 spiro atoms. The van der Waals surface area contributed by atoms with Crippen molar-refractivity contribution < 1.29 is 4.52 Å². The smallest absolute Gasteiger partial charge is 0.227 e. The van der Waals surface area contributed by atoms with Crippen LogP contribution in [0.3, 0.4) is 0 Å². The molecule has 3 heteroatoms. The van der Waals surface area contributed by atoms with Gasteiger partial charge in [0.15, 0.2) is 5.82 Å². The summed E-state index contributed by atoms with van der Waals surface area (Å²) in [7, 11) is 0. The van der Waals surface area contributed by atoms with Gasteiger partial charge in [0.1, 0.15) is 0 Å². The van der Waals surface area contributed by atoms with Crippen molar-refractivity contribution in [1.82, 2.24) is 10.1 Å². The fourth-order valence-electron chi connectivity index (χ4n) is 2.93. The lowest BCUT2D eigenvalue weighted by atomic mass is 9.98. The Bertz CT molecular complexity index is 571. The van der Waals surface area contributed by atoms with Gasteiger partial charge in [-0.3, -0.25) is 0 Å². The van der Waals surface area contributed by atoms with Gasteiger partial charge >= 0.3 is 0 Å². The van der Waals surface area contributed by atoms with Crippen molar-refractivity contribution in [2.45, 2.75) is 43.9 Å². The number of rotatable bonds is 3. The maximum absolute atomic E-state index is 5.38. The van der Waals surface area contributed by atoms with Crippen LogP contribution in [0, 0.1) is 0 Å². The van der Waals surface area contributed by atoms with Gasteiger partial charge in [0.25, 0.3) is 0 Å². The van der Waals surface area contributed by atoms with Crippen LogP contribution in [0.4, 0.5) is 0 Å². The predicted octanol–water partition coefficient (Wildman–Crippen LogP) is 3.22. The second kappa shape index (κ2) is 3.94. The van der Waals surface area contributed by atoms with Gasteiger partial charge in [-0.2, -0.15) is 4.98 Å². The molecule has 1 aromatic carbocycles. The van der Waals surface area contributed by atoms with E-state index in [9.17, 15) is 0 Å². The van der Waals surface area contributed by atoms with Gasteiger partial charge in [-0.1, -0.05) is 29.4 Å². The van der Waals surface area contributed by atoms with E-state index in [1.165, 1.54) is 36.8 Å². The number of benzene rings is 1. The Hall–Kier alpha value is -1.64. The number of fused-ring (bicyclic) bond motifs is 1. The van der Waals surface area contributed by atoms with Crippen molar-refractivity contribution in [2.24, 2.45) is 0 Å². The fraction of sp³-hybridized carbons (Fsp3) is 0.467. The van der Waals surface area contributed by atoms with Crippen molar-refractivity contribution >= 4 is 0 Å². The van der Waals surface area contributed by atoms with Gasteiger partial charge in [-0.05, 0) is 42.7 Å². The number of aromatic nitrogens is 2. The van der Waals surface area contributed by atoms with Crippen LogP contribution < -0.4 is 0 Å². The molecule has 18 heavy (non-hydrogen) atoms. The Labute approximate surface area is 106 Å². The van der Waals surface area contributed by atoms with Gasteiger partial charge in [-0.15, -0.1) is 0 Å². The molecule has 3 nitrogen and oxygen atoms in total. The third kappa shape index (κ3) is 1.74. The summed E-state index contributed by atoms with van der Waals surface area (Å²) in [6, 6.07) is 8.73. The summed E-state index contributed by atoms with van der Waals surface area (Å²) in [4.78, 5) is 4.53. The second-order valence-corrected chi connectivity index (χ2v) is 5.46. The zero-order valence-corrected chi connectivity index (χ0v) is 10.3. The lowest BCUT2D eigenvalue weighted by Crippen LogP contribution is -1.99. The Morgan fingerprint density at radius 1 is 1.17 bits per heavy atom. The number of nitrogens with zero attached hydrogens (tertiary/aromatic N) is 2. The van der Waals surface area contributed by atoms with Crippen LogP contribution in [0.15, 0.2) is 28.8 Å². The van der Waals surface area contributed by atoms with Crippen molar-refractivity contribution in [3.63, 3.8) is 0 Å². The Balaban J connectivity index is 1.54. The predicted molar refractivity (Wildman–Crippen MR) is 67.5 cm³/mol. The molecule has 1 fully saturated rings. The molecule has 1 heterocycles. The van der Waals surface area contributed by atoms with E-state index >= 15 is 0 Å². The first-order valence-corrected chi connectivity index (χ1v) is 6.80. The minimum absolute atomic E-state index is 0.564. The number of hydrogen-bond donors (Lipinski definition) is 0. The summed E-state index contributed by atoms with van der Waals surface area (Å²) in [6.07, 6.45) is 5.75. The largest absolute Gasteiger partial charge is 0.339 e. The summed E-state index contributed by atoms with van der Waals surface area (Å²) in [5.41, 5.74) is 2.97.